The minimum Gasteiger partial charge on any atom is -0.352 e. The van der Waals surface area contributed by atoms with E-state index >= 15 is 0 Å². The van der Waals surface area contributed by atoms with Gasteiger partial charge in [0.15, 0.2) is 0 Å². The zero-order valence-electron chi connectivity index (χ0n) is 10.1. The first-order valence-electron chi connectivity index (χ1n) is 6.25. The average molecular weight is 240 g/mol. The van der Waals surface area contributed by atoms with Crippen LogP contribution < -0.4 is 10.6 Å². The summed E-state index contributed by atoms with van der Waals surface area (Å²) in [5.74, 6) is 0.683. The molecule has 2 aromatic rings. The SMILES string of the molecule is c1cnc(NCC2NCCc3ccccc32)nc1. The molecule has 18 heavy (non-hydrogen) atoms. The van der Waals surface area contributed by atoms with Crippen LogP contribution in [-0.4, -0.2) is 23.1 Å². The highest BCUT2D eigenvalue weighted by molar-refractivity contribution is 5.34. The van der Waals surface area contributed by atoms with Gasteiger partial charge in [-0.15, -0.1) is 0 Å². The van der Waals surface area contributed by atoms with Gasteiger partial charge in [0.1, 0.15) is 0 Å². The first kappa shape index (κ1) is 11.2. The van der Waals surface area contributed by atoms with Crippen molar-refractivity contribution in [3.8, 4) is 0 Å². The predicted octanol–water partition coefficient (Wildman–Crippen LogP) is 1.78. The second kappa shape index (κ2) is 5.14. The van der Waals surface area contributed by atoms with Gasteiger partial charge in [-0.1, -0.05) is 24.3 Å². The highest BCUT2D eigenvalue weighted by atomic mass is 15.1. The summed E-state index contributed by atoms with van der Waals surface area (Å²) in [6.45, 7) is 1.83. The van der Waals surface area contributed by atoms with Gasteiger partial charge in [0.05, 0.1) is 0 Å². The summed E-state index contributed by atoms with van der Waals surface area (Å²) in [5, 5.41) is 6.80. The largest absolute Gasteiger partial charge is 0.352 e. The maximum Gasteiger partial charge on any atom is 0.222 e. The standard InChI is InChI=1S/C14H16N4/c1-2-5-12-11(4-1)6-9-15-13(12)10-18-14-16-7-3-8-17-14/h1-5,7-8,13,15H,6,9-10H2,(H,16,17,18). The van der Waals surface area contributed by atoms with Gasteiger partial charge in [0.25, 0.3) is 0 Å². The number of benzene rings is 1. The molecule has 3 rings (SSSR count). The molecule has 1 aliphatic rings. The van der Waals surface area contributed by atoms with Crippen molar-refractivity contribution in [2.75, 3.05) is 18.4 Å². The fourth-order valence-corrected chi connectivity index (χ4v) is 2.36. The number of nitrogens with one attached hydrogen (secondary N) is 2. The minimum atomic E-state index is 0.332. The molecule has 4 heteroatoms. The molecule has 0 radical (unpaired) electrons. The highest BCUT2D eigenvalue weighted by Gasteiger charge is 2.18. The lowest BCUT2D eigenvalue weighted by Crippen LogP contribution is -2.34. The van der Waals surface area contributed by atoms with Gasteiger partial charge in [-0.2, -0.15) is 0 Å². The van der Waals surface area contributed by atoms with Gasteiger partial charge < -0.3 is 10.6 Å². The van der Waals surface area contributed by atoms with E-state index in [0.717, 1.165) is 19.5 Å². The van der Waals surface area contributed by atoms with Crippen molar-refractivity contribution < 1.29 is 0 Å². The molecule has 4 nitrogen and oxygen atoms in total. The topological polar surface area (TPSA) is 49.8 Å². The lowest BCUT2D eigenvalue weighted by Gasteiger charge is -2.27. The molecule has 1 aromatic heterocycles. The van der Waals surface area contributed by atoms with Crippen LogP contribution >= 0.6 is 0 Å². The third-order valence-electron chi connectivity index (χ3n) is 3.25. The molecule has 0 fully saturated rings. The van der Waals surface area contributed by atoms with Crippen LogP contribution in [-0.2, 0) is 6.42 Å². The molecule has 2 N–H and O–H groups in total. The van der Waals surface area contributed by atoms with Gasteiger partial charge in [-0.3, -0.25) is 0 Å². The van der Waals surface area contributed by atoms with Crippen molar-refractivity contribution in [2.45, 2.75) is 12.5 Å². The Bertz CT molecular complexity index is 512. The highest BCUT2D eigenvalue weighted by Crippen LogP contribution is 2.22. The monoisotopic (exact) mass is 240 g/mol. The van der Waals surface area contributed by atoms with Crippen molar-refractivity contribution in [1.82, 2.24) is 15.3 Å². The lowest BCUT2D eigenvalue weighted by molar-refractivity contribution is 0.522. The molecule has 1 aromatic carbocycles. The third-order valence-corrected chi connectivity index (χ3v) is 3.25. The van der Waals surface area contributed by atoms with Gasteiger partial charge in [-0.05, 0) is 30.2 Å². The zero-order chi connectivity index (χ0) is 12.2. The molecular weight excluding hydrogens is 224 g/mol. The lowest BCUT2D eigenvalue weighted by atomic mass is 9.94. The van der Waals surface area contributed by atoms with E-state index in [-0.39, 0.29) is 0 Å². The second-order valence-corrected chi connectivity index (χ2v) is 4.41. The maximum atomic E-state index is 4.17. The summed E-state index contributed by atoms with van der Waals surface area (Å²) in [6, 6.07) is 10.8. The van der Waals surface area contributed by atoms with Crippen LogP contribution in [0.2, 0.25) is 0 Å². The van der Waals surface area contributed by atoms with Crippen LogP contribution in [0.4, 0.5) is 5.95 Å². The van der Waals surface area contributed by atoms with E-state index in [1.54, 1.807) is 12.4 Å². The first-order valence-corrected chi connectivity index (χ1v) is 6.25. The Morgan fingerprint density at radius 3 is 2.89 bits per heavy atom. The molecule has 0 spiro atoms. The maximum absolute atomic E-state index is 4.17. The van der Waals surface area contributed by atoms with Crippen LogP contribution in [0.15, 0.2) is 42.7 Å². The summed E-state index contributed by atoms with van der Waals surface area (Å²) in [7, 11) is 0. The normalized spacial score (nSPS) is 18.1. The van der Waals surface area contributed by atoms with Crippen LogP contribution in [0.25, 0.3) is 0 Å². The number of rotatable bonds is 3. The Morgan fingerprint density at radius 2 is 2.00 bits per heavy atom. The summed E-state index contributed by atoms with van der Waals surface area (Å²) in [6.07, 6.45) is 4.60. The summed E-state index contributed by atoms with van der Waals surface area (Å²) < 4.78 is 0. The number of fused-ring (bicyclic) bond motifs is 1. The number of aromatic nitrogens is 2. The Kier molecular flexibility index (Phi) is 3.19. The Balaban J connectivity index is 1.71. The smallest absolute Gasteiger partial charge is 0.222 e. The molecule has 2 heterocycles. The summed E-state index contributed by atoms with van der Waals surface area (Å²) in [5.41, 5.74) is 2.82. The number of hydrogen-bond donors (Lipinski definition) is 2. The second-order valence-electron chi connectivity index (χ2n) is 4.41. The summed E-state index contributed by atoms with van der Waals surface area (Å²) >= 11 is 0. The molecule has 0 amide bonds. The van der Waals surface area contributed by atoms with Crippen LogP contribution in [0.3, 0.4) is 0 Å². The molecule has 0 saturated carbocycles. The van der Waals surface area contributed by atoms with Crippen LogP contribution in [0.1, 0.15) is 17.2 Å². The number of nitrogens with zero attached hydrogens (tertiary/aromatic N) is 2. The number of anilines is 1. The molecular formula is C14H16N4. The van der Waals surface area contributed by atoms with E-state index in [1.165, 1.54) is 11.1 Å². The molecule has 1 aliphatic heterocycles. The molecule has 0 bridgehead atoms. The van der Waals surface area contributed by atoms with Gasteiger partial charge in [0, 0.05) is 25.0 Å². The van der Waals surface area contributed by atoms with Crippen LogP contribution in [0.5, 0.6) is 0 Å². The van der Waals surface area contributed by atoms with E-state index in [0.29, 0.717) is 12.0 Å². The van der Waals surface area contributed by atoms with Crippen molar-refractivity contribution >= 4 is 5.95 Å². The third kappa shape index (κ3) is 2.33. The number of hydrogen-bond acceptors (Lipinski definition) is 4. The molecule has 0 aliphatic carbocycles. The van der Waals surface area contributed by atoms with Crippen molar-refractivity contribution in [2.24, 2.45) is 0 Å². The van der Waals surface area contributed by atoms with Crippen molar-refractivity contribution in [1.29, 1.82) is 0 Å². The molecule has 1 unspecified atom stereocenters. The predicted molar refractivity (Wildman–Crippen MR) is 71.4 cm³/mol. The van der Waals surface area contributed by atoms with E-state index in [2.05, 4.69) is 44.9 Å². The average Bonchev–Trinajstić information content (AvgIpc) is 2.46. The molecule has 92 valence electrons. The Morgan fingerprint density at radius 1 is 1.17 bits per heavy atom. The quantitative estimate of drug-likeness (QED) is 0.858. The van der Waals surface area contributed by atoms with Crippen molar-refractivity contribution in [3.63, 3.8) is 0 Å². The van der Waals surface area contributed by atoms with E-state index in [4.69, 9.17) is 0 Å². The van der Waals surface area contributed by atoms with E-state index in [9.17, 15) is 0 Å². The minimum absolute atomic E-state index is 0.332. The first-order chi connectivity index (χ1) is 8.93. The fraction of sp³-hybridized carbons (Fsp3) is 0.286. The van der Waals surface area contributed by atoms with E-state index in [1.807, 2.05) is 6.07 Å². The molecule has 0 saturated heterocycles. The molecule has 1 atom stereocenters. The Labute approximate surface area is 106 Å². The van der Waals surface area contributed by atoms with Crippen molar-refractivity contribution in [3.05, 3.63) is 53.9 Å². The van der Waals surface area contributed by atoms with Gasteiger partial charge in [-0.25, -0.2) is 9.97 Å². The Hall–Kier alpha value is -1.94. The van der Waals surface area contributed by atoms with Gasteiger partial charge >= 0.3 is 0 Å². The van der Waals surface area contributed by atoms with Gasteiger partial charge in [0.2, 0.25) is 5.95 Å². The summed E-state index contributed by atoms with van der Waals surface area (Å²) in [4.78, 5) is 8.34. The van der Waals surface area contributed by atoms with Crippen LogP contribution in [0, 0.1) is 0 Å². The fourth-order valence-electron chi connectivity index (χ4n) is 2.36. The zero-order valence-corrected chi connectivity index (χ0v) is 10.1. The van der Waals surface area contributed by atoms with E-state index < -0.39 is 0 Å².